The topological polar surface area (TPSA) is 62.9 Å². The molecule has 3 atom stereocenters. The number of aromatic nitrogens is 2. The highest BCUT2D eigenvalue weighted by Crippen LogP contribution is 2.42. The first-order valence-corrected chi connectivity index (χ1v) is 15.8. The van der Waals surface area contributed by atoms with Crippen molar-refractivity contribution in [2.24, 2.45) is 54.6 Å². The zero-order valence-electron chi connectivity index (χ0n) is 30.6. The number of hydrogen-bond acceptors (Lipinski definition) is 5. The Labute approximate surface area is 260 Å². The van der Waals surface area contributed by atoms with E-state index in [1.807, 2.05) is 24.8 Å². The quantitative estimate of drug-likeness (QED) is 0.287. The summed E-state index contributed by atoms with van der Waals surface area (Å²) in [5, 5.41) is 16.0. The number of rotatable bonds is 0. The van der Waals surface area contributed by atoms with Crippen LogP contribution in [0.1, 0.15) is 136 Å². The molecule has 0 saturated heterocycles. The van der Waals surface area contributed by atoms with Crippen molar-refractivity contribution in [3.05, 3.63) is 35.2 Å². The lowest BCUT2D eigenvalue weighted by molar-refractivity contribution is 0.177. The fourth-order valence-electron chi connectivity index (χ4n) is 5.43. The molecule has 0 saturated carbocycles. The number of hydrogen-bond donors (Lipinski definition) is 0. The highest BCUT2D eigenvalue weighted by molar-refractivity contribution is 5.75. The van der Waals surface area contributed by atoms with E-state index in [0.29, 0.717) is 17.8 Å². The van der Waals surface area contributed by atoms with Crippen LogP contribution in [-0.2, 0) is 10.8 Å². The average Bonchev–Trinajstić information content (AvgIpc) is 2.82. The van der Waals surface area contributed by atoms with Crippen molar-refractivity contribution in [3.8, 4) is 0 Å². The summed E-state index contributed by atoms with van der Waals surface area (Å²) >= 11 is 0. The third kappa shape index (κ3) is 11.5. The predicted molar refractivity (Wildman–Crippen MR) is 186 cm³/mol. The van der Waals surface area contributed by atoms with Crippen molar-refractivity contribution in [1.29, 1.82) is 0 Å². The van der Waals surface area contributed by atoms with E-state index in [1.165, 1.54) is 11.1 Å². The normalized spacial score (nSPS) is 21.6. The van der Waals surface area contributed by atoms with E-state index in [-0.39, 0.29) is 32.5 Å². The van der Waals surface area contributed by atoms with E-state index in [4.69, 9.17) is 0 Å². The molecular formula is C37H65N5. The molecule has 238 valence electrons. The first-order chi connectivity index (χ1) is 18.7. The monoisotopic (exact) mass is 580 g/mol. The molecule has 5 heteroatoms. The summed E-state index contributed by atoms with van der Waals surface area (Å²) in [5.41, 5.74) is 5.46. The van der Waals surface area contributed by atoms with E-state index in [2.05, 4.69) is 162 Å². The van der Waals surface area contributed by atoms with E-state index >= 15 is 0 Å². The van der Waals surface area contributed by atoms with E-state index in [0.717, 1.165) is 6.54 Å². The molecule has 0 spiro atoms. The molecule has 1 aromatic heterocycles. The molecule has 0 aliphatic carbocycles. The standard InChI is InChI=1S/C13H23N.C12H22N2.C12H20N2/c1-12(2,3)10-7-8-14-9-11(10)13(4,5)6;2*1-11(2,3)9-7-13-14-8-10(9)12(4,5)6/h7,9,11H,8H2,1-6H3;7-10H,1-6H3;7-8H,1-6H3. The highest BCUT2D eigenvalue weighted by atomic mass is 15.2. The van der Waals surface area contributed by atoms with Crippen LogP contribution in [0.4, 0.5) is 0 Å². The molecule has 5 nitrogen and oxygen atoms in total. The van der Waals surface area contributed by atoms with Crippen LogP contribution in [0.15, 0.2) is 39.2 Å². The van der Waals surface area contributed by atoms with Gasteiger partial charge in [-0.3, -0.25) is 4.99 Å². The van der Waals surface area contributed by atoms with Gasteiger partial charge >= 0.3 is 0 Å². The van der Waals surface area contributed by atoms with Crippen LogP contribution in [0.5, 0.6) is 0 Å². The third-order valence-electron chi connectivity index (χ3n) is 8.06. The van der Waals surface area contributed by atoms with Crippen LogP contribution in [0.2, 0.25) is 0 Å². The van der Waals surface area contributed by atoms with E-state index < -0.39 is 0 Å². The largest absolute Gasteiger partial charge is 0.293 e. The second-order valence-corrected chi connectivity index (χ2v) is 18.4. The Morgan fingerprint density at radius 2 is 0.881 bits per heavy atom. The van der Waals surface area contributed by atoms with Crippen LogP contribution < -0.4 is 0 Å². The number of nitrogens with zero attached hydrogens (tertiary/aromatic N) is 5. The van der Waals surface area contributed by atoms with Gasteiger partial charge in [0.25, 0.3) is 0 Å². The van der Waals surface area contributed by atoms with Crippen LogP contribution in [0, 0.1) is 39.4 Å². The van der Waals surface area contributed by atoms with Gasteiger partial charge in [0, 0.05) is 36.4 Å². The maximum Gasteiger partial charge on any atom is 0.0569 e. The van der Waals surface area contributed by atoms with Crippen molar-refractivity contribution >= 4 is 18.6 Å². The van der Waals surface area contributed by atoms with Gasteiger partial charge in [0.05, 0.1) is 18.9 Å². The van der Waals surface area contributed by atoms with Gasteiger partial charge in [-0.05, 0) is 43.6 Å². The van der Waals surface area contributed by atoms with Crippen molar-refractivity contribution < 1.29 is 0 Å². The van der Waals surface area contributed by atoms with Gasteiger partial charge in [-0.25, -0.2) is 0 Å². The van der Waals surface area contributed by atoms with Crippen LogP contribution in [-0.4, -0.2) is 35.4 Å². The minimum absolute atomic E-state index is 0.137. The predicted octanol–water partition coefficient (Wildman–Crippen LogP) is 10.2. The first-order valence-electron chi connectivity index (χ1n) is 15.8. The summed E-state index contributed by atoms with van der Waals surface area (Å²) in [6.45, 7) is 41.4. The lowest BCUT2D eigenvalue weighted by atomic mass is 9.65. The lowest BCUT2D eigenvalue weighted by Gasteiger charge is -2.40. The van der Waals surface area contributed by atoms with Crippen LogP contribution in [0.25, 0.3) is 0 Å². The number of aliphatic imine (C=N–C) groups is 1. The maximum atomic E-state index is 4.39. The molecule has 0 amide bonds. The summed E-state index contributed by atoms with van der Waals surface area (Å²) in [4.78, 5) is 4.39. The SMILES string of the molecule is CC(C)(C)C1=CCN=CC1C(C)(C)C.CC(C)(C)C1C=NN=CC1C(C)(C)C.CC(C)(C)c1cnncc1C(C)(C)C. The minimum atomic E-state index is 0.137. The zero-order valence-corrected chi connectivity index (χ0v) is 30.6. The van der Waals surface area contributed by atoms with Crippen LogP contribution >= 0.6 is 0 Å². The minimum Gasteiger partial charge on any atom is -0.293 e. The lowest BCUT2D eigenvalue weighted by Crippen LogP contribution is -2.39. The number of allylic oxidation sites excluding steroid dienone is 1. The van der Waals surface area contributed by atoms with Gasteiger partial charge in [0.1, 0.15) is 0 Å². The molecule has 0 radical (unpaired) electrons. The molecule has 0 fully saturated rings. The second-order valence-electron chi connectivity index (χ2n) is 18.4. The molecule has 3 rings (SSSR count). The Kier molecular flexibility index (Phi) is 12.3. The Balaban J connectivity index is 0.000000315. The molecule has 0 bridgehead atoms. The molecule has 0 N–H and O–H groups in total. The molecule has 42 heavy (non-hydrogen) atoms. The fraction of sp³-hybridized carbons (Fsp3) is 0.757. The second kappa shape index (κ2) is 13.6. The van der Waals surface area contributed by atoms with Gasteiger partial charge in [-0.2, -0.15) is 20.4 Å². The molecule has 2 aliphatic heterocycles. The van der Waals surface area contributed by atoms with E-state index in [1.54, 1.807) is 5.57 Å². The van der Waals surface area contributed by atoms with Gasteiger partial charge < -0.3 is 0 Å². The summed E-state index contributed by atoms with van der Waals surface area (Å²) in [7, 11) is 0. The van der Waals surface area contributed by atoms with Gasteiger partial charge in [-0.1, -0.05) is 136 Å². The zero-order chi connectivity index (χ0) is 32.9. The Hall–Kier alpha value is -2.17. The molecule has 2 aliphatic rings. The van der Waals surface area contributed by atoms with Crippen LogP contribution in [0.3, 0.4) is 0 Å². The third-order valence-corrected chi connectivity index (χ3v) is 8.06. The smallest absolute Gasteiger partial charge is 0.0569 e. The fourth-order valence-corrected chi connectivity index (χ4v) is 5.43. The molecule has 3 unspecified atom stereocenters. The Bertz CT molecular complexity index is 1050. The van der Waals surface area contributed by atoms with Crippen molar-refractivity contribution in [2.45, 2.75) is 135 Å². The molecule has 3 heterocycles. The number of dihydropyridines is 1. The highest BCUT2D eigenvalue weighted by Gasteiger charge is 2.38. The summed E-state index contributed by atoms with van der Waals surface area (Å²) in [6, 6.07) is 0. The molecule has 1 aromatic rings. The van der Waals surface area contributed by atoms with Crippen molar-refractivity contribution in [3.63, 3.8) is 0 Å². The summed E-state index contributed by atoms with van der Waals surface area (Å²) < 4.78 is 0. The Morgan fingerprint density at radius 3 is 1.14 bits per heavy atom. The average molecular weight is 580 g/mol. The van der Waals surface area contributed by atoms with Crippen molar-refractivity contribution in [2.75, 3.05) is 6.54 Å². The van der Waals surface area contributed by atoms with Gasteiger partial charge in [0.2, 0.25) is 0 Å². The van der Waals surface area contributed by atoms with Gasteiger partial charge in [-0.15, -0.1) is 0 Å². The van der Waals surface area contributed by atoms with Crippen molar-refractivity contribution in [1.82, 2.24) is 10.2 Å². The summed E-state index contributed by atoms with van der Waals surface area (Å²) in [5.74, 6) is 1.47. The first kappa shape index (κ1) is 37.9. The van der Waals surface area contributed by atoms with Gasteiger partial charge in [0.15, 0.2) is 0 Å². The summed E-state index contributed by atoms with van der Waals surface area (Å²) in [6.07, 6.45) is 12.2. The molecular weight excluding hydrogens is 514 g/mol. The maximum absolute atomic E-state index is 4.39. The molecule has 0 aromatic carbocycles. The van der Waals surface area contributed by atoms with E-state index in [9.17, 15) is 0 Å². The Morgan fingerprint density at radius 1 is 0.500 bits per heavy atom.